The number of halogens is 1. The van der Waals surface area contributed by atoms with Gasteiger partial charge in [-0.15, -0.1) is 0 Å². The quantitative estimate of drug-likeness (QED) is 0.576. The Kier molecular flexibility index (Phi) is 5.86. The molecule has 0 saturated carbocycles. The number of sulfone groups is 1. The predicted molar refractivity (Wildman–Crippen MR) is 114 cm³/mol. The molecule has 0 spiro atoms. The number of ether oxygens (including phenoxy) is 1. The number of carbonyl (C=O) groups is 1. The van der Waals surface area contributed by atoms with Crippen molar-refractivity contribution in [3.63, 3.8) is 0 Å². The van der Waals surface area contributed by atoms with Gasteiger partial charge in [0.25, 0.3) is 0 Å². The van der Waals surface area contributed by atoms with Crippen LogP contribution in [0.5, 0.6) is 0 Å². The fourth-order valence-electron chi connectivity index (χ4n) is 3.39. The number of amides is 1. The van der Waals surface area contributed by atoms with Gasteiger partial charge >= 0.3 is 0 Å². The number of rotatable bonds is 6. The summed E-state index contributed by atoms with van der Waals surface area (Å²) >= 11 is 1.27. The topological polar surface area (TPSA) is 76.6 Å². The van der Waals surface area contributed by atoms with Gasteiger partial charge in [-0.25, -0.2) is 17.8 Å². The molecule has 1 aliphatic rings. The molecule has 2 aromatic carbocycles. The first kappa shape index (κ1) is 20.9. The normalized spacial score (nSPS) is 16.8. The number of benzene rings is 2. The lowest BCUT2D eigenvalue weighted by Crippen LogP contribution is -2.38. The molecular formula is C21H21FN2O4S2. The van der Waals surface area contributed by atoms with Crippen molar-refractivity contribution in [1.82, 2.24) is 4.98 Å². The minimum Gasteiger partial charge on any atom is -0.376 e. The van der Waals surface area contributed by atoms with Gasteiger partial charge in [-0.3, -0.25) is 9.69 Å². The van der Waals surface area contributed by atoms with E-state index in [1.165, 1.54) is 29.5 Å². The van der Waals surface area contributed by atoms with Crippen LogP contribution in [0.4, 0.5) is 9.52 Å². The molecular weight excluding hydrogens is 427 g/mol. The van der Waals surface area contributed by atoms with Gasteiger partial charge < -0.3 is 4.74 Å². The molecule has 9 heteroatoms. The number of thiazole rings is 1. The summed E-state index contributed by atoms with van der Waals surface area (Å²) in [6, 6.07) is 10.6. The molecule has 3 aromatic rings. The predicted octanol–water partition coefficient (Wildman–Crippen LogP) is 3.59. The highest BCUT2D eigenvalue weighted by Gasteiger charge is 2.26. The first-order chi connectivity index (χ1) is 14.3. The van der Waals surface area contributed by atoms with Crippen LogP contribution in [-0.4, -0.2) is 44.8 Å². The van der Waals surface area contributed by atoms with Gasteiger partial charge in [0.2, 0.25) is 5.91 Å². The summed E-state index contributed by atoms with van der Waals surface area (Å²) < 4.78 is 43.3. The summed E-state index contributed by atoms with van der Waals surface area (Å²) in [6.07, 6.45) is 3.01. The maximum atomic E-state index is 13.2. The highest BCUT2D eigenvalue weighted by atomic mass is 32.2. The van der Waals surface area contributed by atoms with Gasteiger partial charge in [0.15, 0.2) is 15.0 Å². The fraction of sp³-hybridized carbons (Fsp3) is 0.333. The van der Waals surface area contributed by atoms with Gasteiger partial charge in [-0.05, 0) is 48.7 Å². The average Bonchev–Trinajstić information content (AvgIpc) is 3.35. The highest BCUT2D eigenvalue weighted by Crippen LogP contribution is 2.32. The molecule has 1 atom stereocenters. The number of nitrogens with zero attached hydrogens (tertiary/aromatic N) is 2. The third-order valence-electron chi connectivity index (χ3n) is 4.99. The first-order valence-electron chi connectivity index (χ1n) is 9.57. The van der Waals surface area contributed by atoms with Gasteiger partial charge in [-0.2, -0.15) is 0 Å². The van der Waals surface area contributed by atoms with Gasteiger partial charge in [-0.1, -0.05) is 23.5 Å². The zero-order valence-electron chi connectivity index (χ0n) is 16.4. The molecule has 4 rings (SSSR count). The molecule has 30 heavy (non-hydrogen) atoms. The van der Waals surface area contributed by atoms with Crippen LogP contribution in [0.3, 0.4) is 0 Å². The second-order valence-electron chi connectivity index (χ2n) is 7.34. The molecule has 1 aromatic heterocycles. The number of aromatic nitrogens is 1. The van der Waals surface area contributed by atoms with Crippen molar-refractivity contribution in [2.24, 2.45) is 0 Å². The summed E-state index contributed by atoms with van der Waals surface area (Å²) in [7, 11) is -3.34. The zero-order chi connectivity index (χ0) is 21.3. The van der Waals surface area contributed by atoms with E-state index < -0.39 is 9.84 Å². The first-order valence-corrected chi connectivity index (χ1v) is 12.3. The molecule has 0 bridgehead atoms. The summed E-state index contributed by atoms with van der Waals surface area (Å²) in [6.45, 7) is 1.04. The SMILES string of the molecule is CS(=O)(=O)c1ccc2nc(N(CC3CCCO3)C(=O)Cc3ccc(F)cc3)sc2c1. The molecule has 6 nitrogen and oxygen atoms in total. The minimum atomic E-state index is -3.34. The van der Waals surface area contributed by atoms with E-state index in [0.29, 0.717) is 34.1 Å². The van der Waals surface area contributed by atoms with Crippen LogP contribution in [-0.2, 0) is 25.8 Å². The second kappa shape index (κ2) is 8.41. The number of anilines is 1. The largest absolute Gasteiger partial charge is 0.376 e. The third-order valence-corrected chi connectivity index (χ3v) is 7.14. The Morgan fingerprint density at radius 3 is 2.70 bits per heavy atom. The van der Waals surface area contributed by atoms with Crippen LogP contribution < -0.4 is 4.90 Å². The lowest BCUT2D eigenvalue weighted by Gasteiger charge is -2.23. The summed E-state index contributed by atoms with van der Waals surface area (Å²) in [5.74, 6) is -0.519. The molecule has 1 amide bonds. The van der Waals surface area contributed by atoms with Crippen molar-refractivity contribution >= 4 is 42.4 Å². The Labute approximate surface area is 178 Å². The summed E-state index contributed by atoms with van der Waals surface area (Å²) in [5, 5.41) is 0.498. The maximum Gasteiger partial charge on any atom is 0.233 e. The molecule has 1 fully saturated rings. The molecule has 1 unspecified atom stereocenters. The van der Waals surface area contributed by atoms with Crippen LogP contribution in [0.2, 0.25) is 0 Å². The molecule has 1 aliphatic heterocycles. The van der Waals surface area contributed by atoms with E-state index >= 15 is 0 Å². The van der Waals surface area contributed by atoms with Crippen molar-refractivity contribution in [2.75, 3.05) is 24.3 Å². The van der Waals surface area contributed by atoms with Crippen molar-refractivity contribution in [1.29, 1.82) is 0 Å². The Hall–Kier alpha value is -2.36. The van der Waals surface area contributed by atoms with Crippen LogP contribution in [0, 0.1) is 5.82 Å². The summed E-state index contributed by atoms with van der Waals surface area (Å²) in [4.78, 5) is 19.5. The zero-order valence-corrected chi connectivity index (χ0v) is 18.0. The van der Waals surface area contributed by atoms with Crippen LogP contribution in [0.15, 0.2) is 47.4 Å². The van der Waals surface area contributed by atoms with E-state index in [0.717, 1.165) is 19.1 Å². The summed E-state index contributed by atoms with van der Waals surface area (Å²) in [5.41, 5.74) is 1.34. The van der Waals surface area contributed by atoms with E-state index in [1.54, 1.807) is 29.2 Å². The molecule has 0 radical (unpaired) electrons. The van der Waals surface area contributed by atoms with Gasteiger partial charge in [0.05, 0.1) is 34.2 Å². The average molecular weight is 449 g/mol. The van der Waals surface area contributed by atoms with Crippen LogP contribution >= 0.6 is 11.3 Å². The molecule has 2 heterocycles. The Bertz CT molecular complexity index is 1170. The van der Waals surface area contributed by atoms with Crippen molar-refractivity contribution < 1.29 is 22.3 Å². The van der Waals surface area contributed by atoms with Crippen molar-refractivity contribution in [3.05, 3.63) is 53.8 Å². The lowest BCUT2D eigenvalue weighted by atomic mass is 10.1. The molecule has 158 valence electrons. The molecule has 0 N–H and O–H groups in total. The monoisotopic (exact) mass is 448 g/mol. The second-order valence-corrected chi connectivity index (χ2v) is 10.4. The van der Waals surface area contributed by atoms with Gasteiger partial charge in [0, 0.05) is 12.9 Å². The third kappa shape index (κ3) is 4.69. The molecule has 0 aliphatic carbocycles. The Morgan fingerprint density at radius 2 is 2.03 bits per heavy atom. The van der Waals surface area contributed by atoms with E-state index in [1.807, 2.05) is 0 Å². The lowest BCUT2D eigenvalue weighted by molar-refractivity contribution is -0.118. The van der Waals surface area contributed by atoms with Crippen molar-refractivity contribution in [3.8, 4) is 0 Å². The highest BCUT2D eigenvalue weighted by molar-refractivity contribution is 7.90. The van der Waals surface area contributed by atoms with E-state index in [4.69, 9.17) is 4.74 Å². The fourth-order valence-corrected chi connectivity index (χ4v) is 5.14. The van der Waals surface area contributed by atoms with Crippen molar-refractivity contribution in [2.45, 2.75) is 30.3 Å². The molecule has 1 saturated heterocycles. The standard InChI is InChI=1S/C21H21FN2O4S2/c1-30(26,27)17-8-9-18-19(12-17)29-21(23-18)24(13-16-3-2-10-28-16)20(25)11-14-4-6-15(22)7-5-14/h4-9,12,16H,2-3,10-11,13H2,1H3. The van der Waals surface area contributed by atoms with E-state index in [-0.39, 0.29) is 29.1 Å². The minimum absolute atomic E-state index is 0.0687. The Balaban J connectivity index is 1.65. The Morgan fingerprint density at radius 1 is 1.27 bits per heavy atom. The number of hydrogen-bond acceptors (Lipinski definition) is 6. The number of carbonyl (C=O) groups excluding carboxylic acids is 1. The van der Waals surface area contributed by atoms with Crippen LogP contribution in [0.1, 0.15) is 18.4 Å². The van der Waals surface area contributed by atoms with Gasteiger partial charge in [0.1, 0.15) is 5.82 Å². The number of hydrogen-bond donors (Lipinski definition) is 0. The van der Waals surface area contributed by atoms with E-state index in [2.05, 4.69) is 4.98 Å². The number of fused-ring (bicyclic) bond motifs is 1. The van der Waals surface area contributed by atoms with Crippen LogP contribution in [0.25, 0.3) is 10.2 Å². The maximum absolute atomic E-state index is 13.2. The smallest absolute Gasteiger partial charge is 0.233 e. The van der Waals surface area contributed by atoms with E-state index in [9.17, 15) is 17.6 Å².